The number of fused-ring (bicyclic) bond motifs is 2. The Bertz CT molecular complexity index is 809. The van der Waals surface area contributed by atoms with Crippen molar-refractivity contribution in [3.8, 4) is 0 Å². The van der Waals surface area contributed by atoms with Crippen LogP contribution < -0.4 is 5.32 Å². The lowest BCUT2D eigenvalue weighted by atomic mass is 9.80. The van der Waals surface area contributed by atoms with E-state index in [2.05, 4.69) is 10.3 Å². The maximum absolute atomic E-state index is 12.7. The molecule has 2 fully saturated rings. The monoisotopic (exact) mass is 394 g/mol. The highest BCUT2D eigenvalue weighted by molar-refractivity contribution is 7.89. The van der Waals surface area contributed by atoms with E-state index in [-0.39, 0.29) is 11.2 Å². The van der Waals surface area contributed by atoms with Crippen LogP contribution in [-0.2, 0) is 26.8 Å². The third-order valence-electron chi connectivity index (χ3n) is 6.05. The van der Waals surface area contributed by atoms with Crippen LogP contribution in [0.3, 0.4) is 0 Å². The number of nitrogens with zero attached hydrogens (tertiary/aromatic N) is 3. The number of sulfonamides is 1. The summed E-state index contributed by atoms with van der Waals surface area (Å²) >= 11 is 0. The minimum atomic E-state index is -3.21. The van der Waals surface area contributed by atoms with Gasteiger partial charge in [-0.05, 0) is 38.5 Å². The molecule has 3 aliphatic rings. The molecule has 1 saturated carbocycles. The molecule has 4 rings (SSSR count). The predicted molar refractivity (Wildman–Crippen MR) is 104 cm³/mol. The third-order valence-corrected chi connectivity index (χ3v) is 7.96. The Labute approximate surface area is 162 Å². The van der Waals surface area contributed by atoms with Crippen LogP contribution in [0.15, 0.2) is 0 Å². The van der Waals surface area contributed by atoms with Crippen molar-refractivity contribution in [2.45, 2.75) is 58.0 Å². The highest BCUT2D eigenvalue weighted by Gasteiger charge is 2.48. The van der Waals surface area contributed by atoms with Crippen LogP contribution in [0.25, 0.3) is 0 Å². The van der Waals surface area contributed by atoms with E-state index >= 15 is 0 Å². The minimum absolute atomic E-state index is 0.226. The summed E-state index contributed by atoms with van der Waals surface area (Å²) in [5.41, 5.74) is 2.61. The summed E-state index contributed by atoms with van der Waals surface area (Å²) in [4.78, 5) is 9.48. The number of aromatic nitrogens is 2. The molecule has 1 saturated heterocycles. The molecule has 150 valence electrons. The lowest BCUT2D eigenvalue weighted by Gasteiger charge is -2.35. The smallest absolute Gasteiger partial charge is 0.223 e. The number of unbranched alkanes of at least 4 members (excludes halogenated alkanes) is 1. The van der Waals surface area contributed by atoms with Crippen LogP contribution >= 0.6 is 0 Å². The topological polar surface area (TPSA) is 84.4 Å². The summed E-state index contributed by atoms with van der Waals surface area (Å²) in [7, 11) is -3.21. The summed E-state index contributed by atoms with van der Waals surface area (Å²) in [5.74, 6) is 1.64. The molecular weight excluding hydrogens is 364 g/mol. The van der Waals surface area contributed by atoms with Gasteiger partial charge in [-0.25, -0.2) is 22.7 Å². The summed E-state index contributed by atoms with van der Waals surface area (Å²) in [6, 6.07) is 0. The van der Waals surface area contributed by atoms with Crippen LogP contribution in [-0.4, -0.2) is 54.7 Å². The molecule has 0 amide bonds. The number of hydrogen-bond acceptors (Lipinski definition) is 6. The predicted octanol–water partition coefficient (Wildman–Crippen LogP) is 2.21. The summed E-state index contributed by atoms with van der Waals surface area (Å²) in [5, 5.41) is 3.38. The van der Waals surface area contributed by atoms with Crippen LogP contribution in [0.2, 0.25) is 0 Å². The third kappa shape index (κ3) is 3.84. The molecule has 0 bridgehead atoms. The van der Waals surface area contributed by atoms with E-state index in [4.69, 9.17) is 9.72 Å². The van der Waals surface area contributed by atoms with E-state index in [1.54, 1.807) is 4.31 Å². The van der Waals surface area contributed by atoms with Crippen molar-refractivity contribution in [2.75, 3.05) is 37.3 Å². The lowest BCUT2D eigenvalue weighted by Crippen LogP contribution is -2.42. The lowest BCUT2D eigenvalue weighted by molar-refractivity contribution is 0.0527. The maximum atomic E-state index is 12.7. The van der Waals surface area contributed by atoms with Crippen LogP contribution in [0.5, 0.6) is 0 Å². The second-order valence-electron chi connectivity index (χ2n) is 8.31. The second kappa shape index (κ2) is 7.29. The van der Waals surface area contributed by atoms with Gasteiger partial charge in [0.05, 0.1) is 30.1 Å². The summed E-state index contributed by atoms with van der Waals surface area (Å²) in [6.45, 7) is 6.97. The molecule has 0 radical (unpaired) electrons. The van der Waals surface area contributed by atoms with E-state index in [1.165, 1.54) is 12.8 Å². The van der Waals surface area contributed by atoms with Gasteiger partial charge in [-0.3, -0.25) is 0 Å². The molecule has 7 nitrogen and oxygen atoms in total. The quantitative estimate of drug-likeness (QED) is 0.763. The number of ether oxygens (including phenoxy) is 1. The average Bonchev–Trinajstić information content (AvgIpc) is 3.38. The first kappa shape index (κ1) is 19.1. The van der Waals surface area contributed by atoms with Gasteiger partial charge in [0.25, 0.3) is 0 Å². The second-order valence-corrected chi connectivity index (χ2v) is 10.4. The van der Waals surface area contributed by atoms with Gasteiger partial charge in [-0.15, -0.1) is 0 Å². The van der Waals surface area contributed by atoms with E-state index < -0.39 is 10.0 Å². The van der Waals surface area contributed by atoms with Gasteiger partial charge in [0.2, 0.25) is 16.0 Å². The van der Waals surface area contributed by atoms with E-state index in [9.17, 15) is 8.42 Å². The fourth-order valence-corrected chi connectivity index (χ4v) is 5.82. The molecular formula is C19H30N4O3S. The van der Waals surface area contributed by atoms with E-state index in [0.717, 1.165) is 42.3 Å². The van der Waals surface area contributed by atoms with E-state index in [1.807, 2.05) is 13.8 Å². The molecule has 0 unspecified atom stereocenters. The van der Waals surface area contributed by atoms with Gasteiger partial charge in [-0.2, -0.15) is 0 Å². The fourth-order valence-electron chi connectivity index (χ4n) is 4.10. The number of anilines is 1. The van der Waals surface area contributed by atoms with Crippen LogP contribution in [0, 0.1) is 12.8 Å². The molecule has 1 aromatic heterocycles. The van der Waals surface area contributed by atoms with Gasteiger partial charge in [0.1, 0.15) is 0 Å². The van der Waals surface area contributed by atoms with Crippen molar-refractivity contribution in [3.05, 3.63) is 17.0 Å². The number of nitrogens with one attached hydrogen (secondary N) is 1. The molecule has 27 heavy (non-hydrogen) atoms. The zero-order valence-corrected chi connectivity index (χ0v) is 17.1. The largest absolute Gasteiger partial charge is 0.376 e. The first-order valence-electron chi connectivity index (χ1n) is 10.1. The molecule has 1 spiro atoms. The molecule has 8 heteroatoms. The number of rotatable bonds is 7. The van der Waals surface area contributed by atoms with Crippen molar-refractivity contribution in [1.29, 1.82) is 0 Å². The van der Waals surface area contributed by atoms with Gasteiger partial charge < -0.3 is 10.1 Å². The number of hydrogen-bond donors (Lipinski definition) is 1. The molecule has 1 atom stereocenters. The zero-order valence-electron chi connectivity index (χ0n) is 16.3. The maximum Gasteiger partial charge on any atom is 0.223 e. The standard InChI is InChI=1S/C19H30N4O3S/c1-3-4-9-27(24,25)23-8-7-19(12-23)13-26-11-16-14(2)21-18(22-17(16)19)20-10-15-5-6-15/h15H,3-13H2,1-2H3,(H,20,21,22)/t19-/m1/s1. The van der Waals surface area contributed by atoms with Gasteiger partial charge >= 0.3 is 0 Å². The van der Waals surface area contributed by atoms with Gasteiger partial charge in [0.15, 0.2) is 0 Å². The Morgan fingerprint density at radius 2 is 2.15 bits per heavy atom. The molecule has 2 aliphatic heterocycles. The Hall–Kier alpha value is -1.25. The Morgan fingerprint density at radius 1 is 1.33 bits per heavy atom. The average molecular weight is 395 g/mol. The Kier molecular flexibility index (Phi) is 5.16. The van der Waals surface area contributed by atoms with Crippen LogP contribution in [0.4, 0.5) is 5.95 Å². The summed E-state index contributed by atoms with van der Waals surface area (Å²) < 4.78 is 32.9. The van der Waals surface area contributed by atoms with Crippen LogP contribution in [0.1, 0.15) is 56.0 Å². The molecule has 0 aromatic carbocycles. The fraction of sp³-hybridized carbons (Fsp3) is 0.789. The summed E-state index contributed by atoms with van der Waals surface area (Å²) in [6.07, 6.45) is 4.89. The van der Waals surface area contributed by atoms with Crippen molar-refractivity contribution in [3.63, 3.8) is 0 Å². The molecule has 1 aromatic rings. The first-order valence-corrected chi connectivity index (χ1v) is 11.7. The Morgan fingerprint density at radius 3 is 2.89 bits per heavy atom. The highest BCUT2D eigenvalue weighted by Crippen LogP contribution is 2.41. The van der Waals surface area contributed by atoms with Crippen molar-refractivity contribution < 1.29 is 13.2 Å². The SMILES string of the molecule is CCCCS(=O)(=O)N1CC[C@]2(COCc3c(C)nc(NCC4CC4)nc32)C1. The van der Waals surface area contributed by atoms with Crippen molar-refractivity contribution in [2.24, 2.45) is 5.92 Å². The van der Waals surface area contributed by atoms with Gasteiger partial charge in [-0.1, -0.05) is 13.3 Å². The highest BCUT2D eigenvalue weighted by atomic mass is 32.2. The minimum Gasteiger partial charge on any atom is -0.376 e. The van der Waals surface area contributed by atoms with Crippen molar-refractivity contribution in [1.82, 2.24) is 14.3 Å². The number of aryl methyl sites for hydroxylation is 1. The normalized spacial score (nSPS) is 25.7. The van der Waals surface area contributed by atoms with Crippen molar-refractivity contribution >= 4 is 16.0 Å². The zero-order chi connectivity index (χ0) is 19.1. The molecule has 1 N–H and O–H groups in total. The first-order chi connectivity index (χ1) is 12.9. The van der Waals surface area contributed by atoms with Gasteiger partial charge in [0, 0.05) is 30.9 Å². The molecule has 1 aliphatic carbocycles. The Balaban J connectivity index is 1.60. The van der Waals surface area contributed by atoms with E-state index in [0.29, 0.717) is 38.7 Å². The molecule has 3 heterocycles.